The minimum absolute atomic E-state index is 0.460. The highest BCUT2D eigenvalue weighted by atomic mass is 79.9. The Labute approximate surface area is 112 Å². The standard InChI is InChI=1S/C11H10BrClO4/c1-16-6-3-4-8(12)7(5-6)9(13)10(14)11(15)17-2/h3-5,9H,1-2H3. The van der Waals surface area contributed by atoms with Crippen molar-refractivity contribution in [2.45, 2.75) is 5.38 Å². The van der Waals surface area contributed by atoms with Crippen molar-refractivity contribution >= 4 is 39.3 Å². The van der Waals surface area contributed by atoms with Crippen molar-refractivity contribution in [3.8, 4) is 5.75 Å². The van der Waals surface area contributed by atoms with Crippen LogP contribution in [0.4, 0.5) is 0 Å². The Kier molecular flexibility index (Phi) is 4.96. The Bertz CT molecular complexity index is 447. The smallest absolute Gasteiger partial charge is 0.376 e. The second-order valence-electron chi connectivity index (χ2n) is 3.11. The summed E-state index contributed by atoms with van der Waals surface area (Å²) < 4.78 is 9.97. The molecule has 0 aliphatic heterocycles. The highest BCUT2D eigenvalue weighted by Gasteiger charge is 2.27. The van der Waals surface area contributed by atoms with Crippen LogP contribution in [0.5, 0.6) is 5.75 Å². The number of hydrogen-bond acceptors (Lipinski definition) is 4. The van der Waals surface area contributed by atoms with Gasteiger partial charge in [0.15, 0.2) is 0 Å². The number of halogens is 2. The van der Waals surface area contributed by atoms with E-state index in [2.05, 4.69) is 20.7 Å². The summed E-state index contributed by atoms with van der Waals surface area (Å²) in [5, 5.41) is -1.10. The highest BCUT2D eigenvalue weighted by molar-refractivity contribution is 9.10. The van der Waals surface area contributed by atoms with Gasteiger partial charge in [-0.05, 0) is 23.8 Å². The van der Waals surface area contributed by atoms with Crippen molar-refractivity contribution in [2.24, 2.45) is 0 Å². The molecule has 0 aliphatic rings. The summed E-state index contributed by atoms with van der Waals surface area (Å²) in [6.45, 7) is 0. The predicted octanol–water partition coefficient (Wildman–Crippen LogP) is 2.48. The number of carbonyl (C=O) groups is 2. The summed E-state index contributed by atoms with van der Waals surface area (Å²) in [6, 6.07) is 4.98. The number of carbonyl (C=O) groups excluding carboxylic acids is 2. The number of hydrogen-bond donors (Lipinski definition) is 0. The summed E-state index contributed by atoms with van der Waals surface area (Å²) in [5.74, 6) is -1.24. The molecule has 17 heavy (non-hydrogen) atoms. The van der Waals surface area contributed by atoms with Gasteiger partial charge in [-0.2, -0.15) is 0 Å². The van der Waals surface area contributed by atoms with Gasteiger partial charge in [-0.1, -0.05) is 15.9 Å². The lowest BCUT2D eigenvalue weighted by Crippen LogP contribution is -2.20. The summed E-state index contributed by atoms with van der Waals surface area (Å²) in [4.78, 5) is 22.6. The molecule has 0 aromatic heterocycles. The third-order valence-electron chi connectivity index (χ3n) is 2.09. The molecule has 92 valence electrons. The van der Waals surface area contributed by atoms with Gasteiger partial charge in [0.25, 0.3) is 5.78 Å². The van der Waals surface area contributed by atoms with Gasteiger partial charge in [-0.15, -0.1) is 11.6 Å². The predicted molar refractivity (Wildman–Crippen MR) is 66.3 cm³/mol. The highest BCUT2D eigenvalue weighted by Crippen LogP contribution is 2.32. The van der Waals surface area contributed by atoms with E-state index in [4.69, 9.17) is 16.3 Å². The summed E-state index contributed by atoms with van der Waals surface area (Å²) >= 11 is 9.18. The fraction of sp³-hybridized carbons (Fsp3) is 0.273. The van der Waals surface area contributed by atoms with Crippen LogP contribution in [0.25, 0.3) is 0 Å². The summed E-state index contributed by atoms with van der Waals surface area (Å²) in [5.41, 5.74) is 0.460. The number of benzene rings is 1. The first-order valence-electron chi connectivity index (χ1n) is 4.61. The average molecular weight is 322 g/mol. The van der Waals surface area contributed by atoms with E-state index in [1.54, 1.807) is 18.2 Å². The molecule has 0 heterocycles. The molecule has 1 aromatic carbocycles. The molecule has 0 N–H and O–H groups in total. The molecule has 1 atom stereocenters. The van der Waals surface area contributed by atoms with Gasteiger partial charge in [0.1, 0.15) is 11.1 Å². The number of alkyl halides is 1. The fourth-order valence-electron chi connectivity index (χ4n) is 1.19. The first kappa shape index (κ1) is 14.0. The number of methoxy groups -OCH3 is 2. The fourth-order valence-corrected chi connectivity index (χ4v) is 2.07. The van der Waals surface area contributed by atoms with E-state index in [-0.39, 0.29) is 0 Å². The molecule has 1 aromatic rings. The zero-order valence-corrected chi connectivity index (χ0v) is 11.5. The van der Waals surface area contributed by atoms with Gasteiger partial charge < -0.3 is 9.47 Å². The van der Waals surface area contributed by atoms with Crippen LogP contribution in [0, 0.1) is 0 Å². The number of esters is 1. The minimum atomic E-state index is -1.10. The lowest BCUT2D eigenvalue weighted by Gasteiger charge is -2.11. The Morgan fingerprint density at radius 2 is 2.00 bits per heavy atom. The molecule has 0 saturated carbocycles. The Morgan fingerprint density at radius 1 is 1.35 bits per heavy atom. The second-order valence-corrected chi connectivity index (χ2v) is 4.40. The first-order chi connectivity index (χ1) is 8.01. The summed E-state index contributed by atoms with van der Waals surface area (Å²) in [6.07, 6.45) is 0. The van der Waals surface area contributed by atoms with Crippen LogP contribution in [0.2, 0.25) is 0 Å². The van der Waals surface area contributed by atoms with Gasteiger partial charge in [-0.3, -0.25) is 4.79 Å². The molecule has 6 heteroatoms. The zero-order valence-electron chi connectivity index (χ0n) is 9.20. The summed E-state index contributed by atoms with van der Waals surface area (Å²) in [7, 11) is 2.63. The first-order valence-corrected chi connectivity index (χ1v) is 5.84. The SMILES string of the molecule is COC(=O)C(=O)C(Cl)c1cc(OC)ccc1Br. The molecule has 0 bridgehead atoms. The van der Waals surface area contributed by atoms with Crippen molar-refractivity contribution in [3.63, 3.8) is 0 Å². The van der Waals surface area contributed by atoms with Crippen LogP contribution >= 0.6 is 27.5 Å². The van der Waals surface area contributed by atoms with E-state index in [0.717, 1.165) is 7.11 Å². The maximum Gasteiger partial charge on any atom is 0.376 e. The van der Waals surface area contributed by atoms with Crippen LogP contribution in [0.3, 0.4) is 0 Å². The Balaban J connectivity index is 3.06. The quantitative estimate of drug-likeness (QED) is 0.486. The Morgan fingerprint density at radius 3 is 2.53 bits per heavy atom. The van der Waals surface area contributed by atoms with E-state index >= 15 is 0 Å². The van der Waals surface area contributed by atoms with Gasteiger partial charge >= 0.3 is 5.97 Å². The van der Waals surface area contributed by atoms with E-state index in [1.807, 2.05) is 0 Å². The number of rotatable bonds is 4. The van der Waals surface area contributed by atoms with Gasteiger partial charge in [0, 0.05) is 4.47 Å². The van der Waals surface area contributed by atoms with Gasteiger partial charge in [0.05, 0.1) is 14.2 Å². The lowest BCUT2D eigenvalue weighted by atomic mass is 10.1. The topological polar surface area (TPSA) is 52.6 Å². The molecule has 0 fully saturated rings. The van der Waals surface area contributed by atoms with Crippen molar-refractivity contribution in [1.29, 1.82) is 0 Å². The van der Waals surface area contributed by atoms with E-state index in [9.17, 15) is 9.59 Å². The molecule has 1 unspecified atom stereocenters. The molecule has 0 spiro atoms. The van der Waals surface area contributed by atoms with Gasteiger partial charge in [0.2, 0.25) is 0 Å². The average Bonchev–Trinajstić information content (AvgIpc) is 2.36. The van der Waals surface area contributed by atoms with E-state index in [1.165, 1.54) is 7.11 Å². The normalized spacial score (nSPS) is 11.8. The minimum Gasteiger partial charge on any atom is -0.497 e. The number of ketones is 1. The third kappa shape index (κ3) is 3.20. The third-order valence-corrected chi connectivity index (χ3v) is 3.25. The van der Waals surface area contributed by atoms with Crippen LogP contribution < -0.4 is 4.74 Å². The second kappa shape index (κ2) is 6.02. The Hall–Kier alpha value is -1.07. The van der Waals surface area contributed by atoms with Crippen molar-refractivity contribution < 1.29 is 19.1 Å². The molecular weight excluding hydrogens is 311 g/mol. The van der Waals surface area contributed by atoms with E-state index in [0.29, 0.717) is 15.8 Å². The molecule has 4 nitrogen and oxygen atoms in total. The molecule has 1 rings (SSSR count). The number of Topliss-reactive ketones (excluding diaryl/α,β-unsaturated/α-hetero) is 1. The van der Waals surface area contributed by atoms with Crippen LogP contribution in [-0.2, 0) is 14.3 Å². The van der Waals surface area contributed by atoms with Crippen LogP contribution in [0.1, 0.15) is 10.9 Å². The van der Waals surface area contributed by atoms with Gasteiger partial charge in [-0.25, -0.2) is 4.79 Å². The zero-order chi connectivity index (χ0) is 13.0. The van der Waals surface area contributed by atoms with Crippen LogP contribution in [-0.4, -0.2) is 26.0 Å². The molecule has 0 amide bonds. The molecular formula is C11H10BrClO4. The van der Waals surface area contributed by atoms with Crippen molar-refractivity contribution in [1.82, 2.24) is 0 Å². The van der Waals surface area contributed by atoms with Crippen LogP contribution in [0.15, 0.2) is 22.7 Å². The monoisotopic (exact) mass is 320 g/mol. The largest absolute Gasteiger partial charge is 0.497 e. The maximum atomic E-state index is 11.6. The van der Waals surface area contributed by atoms with E-state index < -0.39 is 17.1 Å². The number of ether oxygens (including phenoxy) is 2. The maximum absolute atomic E-state index is 11.6. The lowest BCUT2D eigenvalue weighted by molar-refractivity contribution is -0.151. The van der Waals surface area contributed by atoms with Crippen molar-refractivity contribution in [3.05, 3.63) is 28.2 Å². The molecule has 0 saturated heterocycles. The molecule has 0 aliphatic carbocycles. The van der Waals surface area contributed by atoms with Crippen molar-refractivity contribution in [2.75, 3.05) is 14.2 Å². The molecule has 0 radical (unpaired) electrons.